The highest BCUT2D eigenvalue weighted by atomic mass is 16.5. The van der Waals surface area contributed by atoms with E-state index in [2.05, 4.69) is 0 Å². The van der Waals surface area contributed by atoms with E-state index >= 15 is 0 Å². The number of hydrogen-bond donors (Lipinski definition) is 1. The van der Waals surface area contributed by atoms with E-state index in [1.54, 1.807) is 20.8 Å². The van der Waals surface area contributed by atoms with Crippen molar-refractivity contribution in [3.63, 3.8) is 0 Å². The molecule has 102 valence electrons. The molecule has 0 amide bonds. The fourth-order valence-corrected chi connectivity index (χ4v) is 1.45. The van der Waals surface area contributed by atoms with Crippen molar-refractivity contribution in [3.05, 3.63) is 0 Å². The Kier molecular flexibility index (Phi) is 4.92. The molecule has 18 heavy (non-hydrogen) atoms. The van der Waals surface area contributed by atoms with Crippen molar-refractivity contribution in [1.82, 2.24) is 0 Å². The summed E-state index contributed by atoms with van der Waals surface area (Å²) in [5, 5.41) is 9.05. The number of carbonyl (C=O) groups excluding carboxylic acids is 3. The number of carboxylic acids is 1. The van der Waals surface area contributed by atoms with Crippen LogP contribution in [0.4, 0.5) is 0 Å². The summed E-state index contributed by atoms with van der Waals surface area (Å²) >= 11 is 0. The molecule has 6 heteroatoms. The summed E-state index contributed by atoms with van der Waals surface area (Å²) in [5.74, 6) is -4.83. The summed E-state index contributed by atoms with van der Waals surface area (Å²) < 4.78 is 5.13. The monoisotopic (exact) mass is 258 g/mol. The molecule has 6 nitrogen and oxygen atoms in total. The number of carboxylic acid groups (broad SMARTS) is 1. The van der Waals surface area contributed by atoms with E-state index in [9.17, 15) is 19.2 Å². The third kappa shape index (κ3) is 3.22. The van der Waals surface area contributed by atoms with Crippen molar-refractivity contribution in [2.24, 2.45) is 5.41 Å². The van der Waals surface area contributed by atoms with Gasteiger partial charge in [-0.15, -0.1) is 0 Å². The van der Waals surface area contributed by atoms with E-state index in [4.69, 9.17) is 9.84 Å². The van der Waals surface area contributed by atoms with Crippen LogP contribution in [0.2, 0.25) is 0 Å². The highest BCUT2D eigenvalue weighted by molar-refractivity contribution is 6.36. The van der Waals surface area contributed by atoms with Crippen LogP contribution < -0.4 is 0 Å². The van der Waals surface area contributed by atoms with E-state index in [1.807, 2.05) is 0 Å². The highest BCUT2D eigenvalue weighted by Crippen LogP contribution is 2.23. The van der Waals surface area contributed by atoms with Crippen LogP contribution in [0.5, 0.6) is 0 Å². The lowest BCUT2D eigenvalue weighted by Crippen LogP contribution is -2.52. The van der Waals surface area contributed by atoms with Crippen LogP contribution in [-0.2, 0) is 23.9 Å². The molecule has 0 atom stereocenters. The Morgan fingerprint density at radius 2 is 1.39 bits per heavy atom. The highest BCUT2D eigenvalue weighted by Gasteiger charge is 2.55. The average molecular weight is 258 g/mol. The minimum atomic E-state index is -2.65. The van der Waals surface area contributed by atoms with Gasteiger partial charge in [-0.1, -0.05) is 0 Å². The molecule has 0 unspecified atom stereocenters. The lowest BCUT2D eigenvalue weighted by Gasteiger charge is -2.25. The maximum absolute atomic E-state index is 11.9. The molecule has 0 bridgehead atoms. The molecule has 0 fully saturated rings. The van der Waals surface area contributed by atoms with Crippen LogP contribution in [0, 0.1) is 5.41 Å². The minimum Gasteiger partial charge on any atom is -0.480 e. The van der Waals surface area contributed by atoms with Crippen molar-refractivity contribution >= 4 is 23.3 Å². The molecule has 0 aromatic carbocycles. The summed E-state index contributed by atoms with van der Waals surface area (Å²) in [6, 6.07) is 0. The Bertz CT molecular complexity index is 352. The Hall–Kier alpha value is -1.56. The SMILES string of the molecule is CC(=O)C(C(C)=O)(C(=O)O)C(=O)COC(C)(C)C. The van der Waals surface area contributed by atoms with Gasteiger partial charge in [-0.05, 0) is 34.6 Å². The summed E-state index contributed by atoms with van der Waals surface area (Å²) in [7, 11) is 0. The third-order valence-electron chi connectivity index (χ3n) is 2.43. The fraction of sp³-hybridized carbons (Fsp3) is 0.667. The van der Waals surface area contributed by atoms with Crippen LogP contribution in [0.3, 0.4) is 0 Å². The zero-order valence-electron chi connectivity index (χ0n) is 11.2. The van der Waals surface area contributed by atoms with E-state index < -0.39 is 40.9 Å². The molecule has 0 saturated heterocycles. The van der Waals surface area contributed by atoms with Gasteiger partial charge in [0.2, 0.25) is 5.41 Å². The second-order valence-electron chi connectivity index (χ2n) is 4.99. The van der Waals surface area contributed by atoms with Crippen molar-refractivity contribution in [1.29, 1.82) is 0 Å². The van der Waals surface area contributed by atoms with Crippen molar-refractivity contribution < 1.29 is 29.0 Å². The first-order valence-electron chi connectivity index (χ1n) is 5.39. The van der Waals surface area contributed by atoms with Gasteiger partial charge in [0.25, 0.3) is 0 Å². The predicted octanol–water partition coefficient (Wildman–Crippen LogP) is 0.620. The molecule has 0 heterocycles. The lowest BCUT2D eigenvalue weighted by molar-refractivity contribution is -0.165. The van der Waals surface area contributed by atoms with E-state index in [0.717, 1.165) is 13.8 Å². The number of Topliss-reactive ketones (excluding diaryl/α,β-unsaturated/α-hetero) is 3. The number of aliphatic carboxylic acids is 1. The molecule has 0 aliphatic heterocycles. The molecule has 0 aromatic rings. The largest absolute Gasteiger partial charge is 0.480 e. The van der Waals surface area contributed by atoms with Crippen LogP contribution in [0.25, 0.3) is 0 Å². The second kappa shape index (κ2) is 5.39. The van der Waals surface area contributed by atoms with Crippen molar-refractivity contribution in [2.45, 2.75) is 40.2 Å². The smallest absolute Gasteiger partial charge is 0.332 e. The lowest BCUT2D eigenvalue weighted by atomic mass is 9.76. The Labute approximate surface area is 105 Å². The zero-order valence-corrected chi connectivity index (χ0v) is 11.2. The molecule has 0 spiro atoms. The number of carbonyl (C=O) groups is 4. The third-order valence-corrected chi connectivity index (χ3v) is 2.43. The van der Waals surface area contributed by atoms with Crippen LogP contribution in [0.1, 0.15) is 34.6 Å². The minimum absolute atomic E-state index is 0.602. The van der Waals surface area contributed by atoms with Gasteiger partial charge in [0, 0.05) is 0 Å². The molecule has 0 aliphatic carbocycles. The Balaban J connectivity index is 5.35. The summed E-state index contributed by atoms with van der Waals surface area (Å²) in [6.07, 6.45) is 0. The van der Waals surface area contributed by atoms with E-state index in [1.165, 1.54) is 0 Å². The Morgan fingerprint density at radius 1 is 1.00 bits per heavy atom. The molecule has 0 radical (unpaired) electrons. The van der Waals surface area contributed by atoms with Crippen molar-refractivity contribution in [3.8, 4) is 0 Å². The normalized spacial score (nSPS) is 12.1. The number of hydrogen-bond acceptors (Lipinski definition) is 5. The molecular weight excluding hydrogens is 240 g/mol. The summed E-state index contributed by atoms with van der Waals surface area (Å²) in [6.45, 7) is 6.22. The average Bonchev–Trinajstić information content (AvgIpc) is 2.12. The number of rotatable bonds is 6. The zero-order chi connectivity index (χ0) is 14.7. The number of ether oxygens (including phenoxy) is 1. The first kappa shape index (κ1) is 16.4. The van der Waals surface area contributed by atoms with Crippen LogP contribution >= 0.6 is 0 Å². The quantitative estimate of drug-likeness (QED) is 0.701. The topological polar surface area (TPSA) is 97.7 Å². The first-order chi connectivity index (χ1) is 7.96. The number of ketones is 3. The molecule has 0 aliphatic rings. The molecule has 1 N–H and O–H groups in total. The van der Waals surface area contributed by atoms with Gasteiger partial charge in [-0.2, -0.15) is 0 Å². The van der Waals surface area contributed by atoms with Crippen LogP contribution in [-0.4, -0.2) is 40.6 Å². The molecule has 0 aromatic heterocycles. The second-order valence-corrected chi connectivity index (χ2v) is 4.99. The van der Waals surface area contributed by atoms with Gasteiger partial charge in [0.15, 0.2) is 17.3 Å². The van der Waals surface area contributed by atoms with Gasteiger partial charge in [0.05, 0.1) is 5.60 Å². The molecule has 0 saturated carbocycles. The van der Waals surface area contributed by atoms with Gasteiger partial charge in [-0.3, -0.25) is 19.2 Å². The van der Waals surface area contributed by atoms with Gasteiger partial charge < -0.3 is 9.84 Å². The first-order valence-corrected chi connectivity index (χ1v) is 5.39. The summed E-state index contributed by atoms with van der Waals surface area (Å²) in [4.78, 5) is 45.9. The van der Waals surface area contributed by atoms with Crippen LogP contribution in [0.15, 0.2) is 0 Å². The van der Waals surface area contributed by atoms with E-state index in [0.29, 0.717) is 0 Å². The summed E-state index contributed by atoms with van der Waals surface area (Å²) in [5.41, 5.74) is -3.32. The van der Waals surface area contributed by atoms with Gasteiger partial charge in [-0.25, -0.2) is 0 Å². The Morgan fingerprint density at radius 3 is 1.61 bits per heavy atom. The molecule has 0 rings (SSSR count). The van der Waals surface area contributed by atoms with Gasteiger partial charge >= 0.3 is 5.97 Å². The maximum atomic E-state index is 11.9. The predicted molar refractivity (Wildman–Crippen MR) is 62.1 cm³/mol. The van der Waals surface area contributed by atoms with Gasteiger partial charge in [0.1, 0.15) is 6.61 Å². The molecular formula is C12H18O6. The maximum Gasteiger partial charge on any atom is 0.332 e. The van der Waals surface area contributed by atoms with E-state index in [-0.39, 0.29) is 0 Å². The van der Waals surface area contributed by atoms with Crippen molar-refractivity contribution in [2.75, 3.05) is 6.61 Å². The fourth-order valence-electron chi connectivity index (χ4n) is 1.45. The standard InChI is InChI=1S/C12H18O6/c1-7(13)12(8(2)14,10(16)17)9(15)6-18-11(3,4)5/h6H2,1-5H3,(H,16,17).